The normalized spacial score (nSPS) is 9.09. The molecule has 0 aromatic rings. The minimum Gasteiger partial charge on any atom is -0.550 e. The summed E-state index contributed by atoms with van der Waals surface area (Å²) >= 11 is 0. The Kier molecular flexibility index (Phi) is 32.7. The van der Waals surface area contributed by atoms with Crippen molar-refractivity contribution >= 4 is 27.8 Å². The summed E-state index contributed by atoms with van der Waals surface area (Å²) in [5.74, 6) is -2.17. The van der Waals surface area contributed by atoms with Crippen LogP contribution in [0.1, 0.15) is 48.0 Å². The maximum atomic E-state index is 8.89. The molecular formula is C15H32O4P2Pd. The third-order valence-electron chi connectivity index (χ3n) is 2.74. The number of aliphatic carboxylic acids is 2. The molecule has 0 heterocycles. The van der Waals surface area contributed by atoms with Crippen molar-refractivity contribution in [3.05, 3.63) is 0 Å². The van der Waals surface area contributed by atoms with Crippen LogP contribution in [0.4, 0.5) is 0 Å². The van der Waals surface area contributed by atoms with E-state index < -0.39 is 11.9 Å². The molecule has 0 saturated heterocycles. The van der Waals surface area contributed by atoms with Gasteiger partial charge in [-0.25, -0.2) is 0 Å². The van der Waals surface area contributed by atoms with Gasteiger partial charge in [-0.1, -0.05) is 27.7 Å². The smallest absolute Gasteiger partial charge is 0.550 e. The zero-order valence-electron chi connectivity index (χ0n) is 14.8. The molecule has 0 aromatic carbocycles. The van der Waals surface area contributed by atoms with Gasteiger partial charge in [-0.15, -0.1) is 15.8 Å². The molecular weight excluding hydrogens is 413 g/mol. The molecule has 0 N–H and O–H groups in total. The van der Waals surface area contributed by atoms with E-state index in [2.05, 4.69) is 27.7 Å². The molecule has 0 rings (SSSR count). The number of carboxylic acids is 2. The molecule has 0 amide bonds. The first-order chi connectivity index (χ1) is 9.74. The van der Waals surface area contributed by atoms with Crippen molar-refractivity contribution in [1.29, 1.82) is 0 Å². The summed E-state index contributed by atoms with van der Waals surface area (Å²) in [6.07, 6.45) is 10.4. The third-order valence-corrected chi connectivity index (χ3v) is 8.21. The molecule has 22 heavy (non-hydrogen) atoms. The van der Waals surface area contributed by atoms with Crippen LogP contribution in [0.25, 0.3) is 0 Å². The van der Waals surface area contributed by atoms with Crippen molar-refractivity contribution < 1.29 is 40.2 Å². The van der Waals surface area contributed by atoms with Crippen LogP contribution in [0.15, 0.2) is 0 Å². The Morgan fingerprint density at radius 1 is 0.727 bits per heavy atom. The van der Waals surface area contributed by atoms with Gasteiger partial charge in [0.15, 0.2) is 0 Å². The number of carboxylic acid groups (broad SMARTS) is 2. The maximum absolute atomic E-state index is 8.89. The number of carbonyl (C=O) groups is 2. The van der Waals surface area contributed by atoms with Crippen LogP contribution in [0.5, 0.6) is 0 Å². The van der Waals surface area contributed by atoms with E-state index in [1.807, 2.05) is 0 Å². The van der Waals surface area contributed by atoms with Crippen molar-refractivity contribution in [1.82, 2.24) is 0 Å². The van der Waals surface area contributed by atoms with Crippen LogP contribution >= 0.6 is 15.8 Å². The summed E-state index contributed by atoms with van der Waals surface area (Å²) in [5, 5.41) is 17.8. The minimum atomic E-state index is -1.08. The second-order valence-electron chi connectivity index (χ2n) is 4.39. The Bertz CT molecular complexity index is 214. The maximum Gasteiger partial charge on any atom is 2.00 e. The van der Waals surface area contributed by atoms with Crippen LogP contribution in [0.2, 0.25) is 0 Å². The first-order valence-corrected chi connectivity index (χ1v) is 11.3. The average Bonchev–Trinajstić information content (AvgIpc) is 2.38. The molecule has 0 aromatic heterocycles. The number of hydrogen-bond acceptors (Lipinski definition) is 4. The molecule has 0 unspecified atom stereocenters. The Hall–Kier alpha value is 0.462. The largest absolute Gasteiger partial charge is 2.00 e. The Labute approximate surface area is 153 Å². The van der Waals surface area contributed by atoms with Gasteiger partial charge >= 0.3 is 20.4 Å². The topological polar surface area (TPSA) is 80.3 Å². The van der Waals surface area contributed by atoms with Crippen molar-refractivity contribution in [3.8, 4) is 0 Å². The molecule has 0 atom stereocenters. The van der Waals surface area contributed by atoms with E-state index in [1.165, 1.54) is 31.1 Å². The molecule has 0 bridgehead atoms. The minimum absolute atomic E-state index is 0. The summed E-state index contributed by atoms with van der Waals surface area (Å²) in [6, 6.07) is 0. The summed E-state index contributed by atoms with van der Waals surface area (Å²) in [4.78, 5) is 17.8. The summed E-state index contributed by atoms with van der Waals surface area (Å²) in [6.45, 7) is 11.4. The molecule has 136 valence electrons. The predicted molar refractivity (Wildman–Crippen MR) is 91.7 cm³/mol. The first-order valence-electron chi connectivity index (χ1n) is 7.54. The van der Waals surface area contributed by atoms with E-state index >= 15 is 0 Å². The van der Waals surface area contributed by atoms with Gasteiger partial charge in [0.2, 0.25) is 0 Å². The van der Waals surface area contributed by atoms with Gasteiger partial charge in [0.05, 0.1) is 0 Å². The molecule has 7 heteroatoms. The van der Waals surface area contributed by atoms with Gasteiger partial charge in [0, 0.05) is 11.9 Å². The molecule has 0 aliphatic carbocycles. The summed E-state index contributed by atoms with van der Waals surface area (Å²) in [7, 11) is 0.827. The molecule has 0 aliphatic rings. The van der Waals surface area contributed by atoms with E-state index in [1.54, 1.807) is 12.3 Å². The van der Waals surface area contributed by atoms with Crippen LogP contribution in [-0.4, -0.2) is 48.9 Å². The molecule has 0 fully saturated rings. The quantitative estimate of drug-likeness (QED) is 0.423. The third kappa shape index (κ3) is 37.1. The van der Waals surface area contributed by atoms with Gasteiger partial charge in [0.25, 0.3) is 0 Å². The van der Waals surface area contributed by atoms with E-state index in [-0.39, 0.29) is 20.4 Å². The van der Waals surface area contributed by atoms with E-state index in [0.717, 1.165) is 13.8 Å². The van der Waals surface area contributed by atoms with Crippen molar-refractivity contribution in [3.63, 3.8) is 0 Å². The van der Waals surface area contributed by atoms with Gasteiger partial charge in [-0.3, -0.25) is 0 Å². The summed E-state index contributed by atoms with van der Waals surface area (Å²) < 4.78 is 0. The fourth-order valence-electron chi connectivity index (χ4n) is 1.60. The van der Waals surface area contributed by atoms with E-state index in [0.29, 0.717) is 15.8 Å². The van der Waals surface area contributed by atoms with Crippen molar-refractivity contribution in [2.75, 3.05) is 37.0 Å². The van der Waals surface area contributed by atoms with Crippen LogP contribution < -0.4 is 10.2 Å². The van der Waals surface area contributed by atoms with E-state index in [4.69, 9.17) is 19.8 Å². The predicted octanol–water partition coefficient (Wildman–Crippen LogP) is 1.93. The summed E-state index contributed by atoms with van der Waals surface area (Å²) in [5.41, 5.74) is 0. The molecule has 0 saturated carbocycles. The van der Waals surface area contributed by atoms with E-state index in [9.17, 15) is 0 Å². The Morgan fingerprint density at radius 3 is 1.05 bits per heavy atom. The standard InChI is InChI=1S/C11H26P2.2C2H4O2.Pd/c1-5-12(6-2)10-9-11-13(7-3)8-4;2*1-2(3)4;/h5-11H2,1-4H3;2*1H3,(H,3,4);/q;;;+2/p-2. The number of carbonyl (C=O) groups excluding carboxylic acids is 2. The second kappa shape index (κ2) is 23.7. The van der Waals surface area contributed by atoms with Gasteiger partial charge in [-0.2, -0.15) is 0 Å². The Morgan fingerprint density at radius 2 is 0.909 bits per heavy atom. The number of hydrogen-bond donors (Lipinski definition) is 0. The van der Waals surface area contributed by atoms with Crippen LogP contribution in [0.3, 0.4) is 0 Å². The monoisotopic (exact) mass is 444 g/mol. The SMILES string of the molecule is CC(=O)[O-].CC(=O)[O-].CCP(CC)CCCP(CC)CC.[Pd+2]. The molecule has 0 radical (unpaired) electrons. The zero-order chi connectivity index (χ0) is 17.3. The zero-order valence-corrected chi connectivity index (χ0v) is 18.1. The first kappa shape index (κ1) is 30.4. The molecule has 0 spiro atoms. The van der Waals surface area contributed by atoms with Crippen LogP contribution in [-0.2, 0) is 30.0 Å². The fourth-order valence-corrected chi connectivity index (χ4v) is 5.22. The molecule has 0 aliphatic heterocycles. The van der Waals surface area contributed by atoms with Crippen molar-refractivity contribution in [2.45, 2.75) is 48.0 Å². The second-order valence-corrected chi connectivity index (χ2v) is 10.5. The molecule has 4 nitrogen and oxygen atoms in total. The number of rotatable bonds is 8. The fraction of sp³-hybridized carbons (Fsp3) is 0.867. The average molecular weight is 445 g/mol. The van der Waals surface area contributed by atoms with Gasteiger partial charge in [-0.05, 0) is 57.2 Å². The van der Waals surface area contributed by atoms with Gasteiger partial charge in [0.1, 0.15) is 0 Å². The van der Waals surface area contributed by atoms with Crippen LogP contribution in [0, 0.1) is 0 Å². The Balaban J connectivity index is -0.000000150. The van der Waals surface area contributed by atoms with Crippen molar-refractivity contribution in [2.24, 2.45) is 0 Å². The van der Waals surface area contributed by atoms with Gasteiger partial charge < -0.3 is 19.8 Å².